The predicted octanol–water partition coefficient (Wildman–Crippen LogP) is -0.322. The highest BCUT2D eigenvalue weighted by atomic mass is 16.5. The van der Waals surface area contributed by atoms with E-state index in [2.05, 4.69) is 10.2 Å². The van der Waals surface area contributed by atoms with E-state index in [4.69, 9.17) is 4.74 Å². The summed E-state index contributed by atoms with van der Waals surface area (Å²) in [6, 6.07) is 0. The first-order valence-electron chi connectivity index (χ1n) is 5.23. The first-order valence-corrected chi connectivity index (χ1v) is 5.23. The quantitative estimate of drug-likeness (QED) is 0.641. The van der Waals surface area contributed by atoms with Crippen molar-refractivity contribution in [2.24, 2.45) is 0 Å². The average molecular weight is 202 g/mol. The Labute approximate surface area is 86.2 Å². The molecule has 2 N–H and O–H groups in total. The summed E-state index contributed by atoms with van der Waals surface area (Å²) >= 11 is 0. The minimum absolute atomic E-state index is 0.106. The lowest BCUT2D eigenvalue weighted by Gasteiger charge is -2.31. The van der Waals surface area contributed by atoms with E-state index in [-0.39, 0.29) is 18.2 Å². The molecule has 0 spiro atoms. The van der Waals surface area contributed by atoms with Gasteiger partial charge in [0.15, 0.2) is 0 Å². The van der Waals surface area contributed by atoms with Crippen LogP contribution in [0.3, 0.4) is 0 Å². The Bertz CT molecular complexity index is 176. The van der Waals surface area contributed by atoms with Gasteiger partial charge in [0.2, 0.25) is 0 Å². The first-order chi connectivity index (χ1) is 6.60. The Morgan fingerprint density at radius 2 is 2.29 bits per heavy atom. The van der Waals surface area contributed by atoms with Crippen molar-refractivity contribution in [3.63, 3.8) is 0 Å². The maximum absolute atomic E-state index is 9.40. The maximum Gasteiger partial charge on any atom is 0.0751 e. The number of ether oxygens (including phenoxy) is 1. The van der Waals surface area contributed by atoms with Crippen LogP contribution < -0.4 is 5.32 Å². The van der Waals surface area contributed by atoms with Crippen molar-refractivity contribution >= 4 is 0 Å². The zero-order chi connectivity index (χ0) is 10.6. The van der Waals surface area contributed by atoms with Gasteiger partial charge >= 0.3 is 0 Å². The smallest absolute Gasteiger partial charge is 0.0751 e. The molecule has 2 unspecified atom stereocenters. The number of nitrogens with zero attached hydrogens (tertiary/aromatic N) is 1. The number of rotatable bonds is 5. The van der Waals surface area contributed by atoms with Crippen LogP contribution in [0.2, 0.25) is 0 Å². The molecule has 4 heteroatoms. The Balaban J connectivity index is 2.37. The molecule has 0 amide bonds. The van der Waals surface area contributed by atoms with E-state index in [1.165, 1.54) is 0 Å². The van der Waals surface area contributed by atoms with E-state index in [0.717, 1.165) is 26.1 Å². The van der Waals surface area contributed by atoms with Gasteiger partial charge in [-0.25, -0.2) is 0 Å². The lowest BCUT2D eigenvalue weighted by Crippen LogP contribution is -2.55. The highest BCUT2D eigenvalue weighted by molar-refractivity contribution is 4.97. The summed E-state index contributed by atoms with van der Waals surface area (Å²) in [6.07, 6.45) is 1.01. The third-order valence-corrected chi connectivity index (χ3v) is 3.01. The van der Waals surface area contributed by atoms with E-state index in [9.17, 15) is 5.11 Å². The highest BCUT2D eigenvalue weighted by Crippen LogP contribution is 2.24. The largest absolute Gasteiger partial charge is 0.394 e. The summed E-state index contributed by atoms with van der Waals surface area (Å²) in [5, 5.41) is 12.8. The standard InChI is InChI=1S/C10H22N2O2/c1-9-10(8-13,4-7-14-9)11-5-6-12(2)3/h9,11,13H,4-8H2,1-3H3. The minimum atomic E-state index is -0.212. The second kappa shape index (κ2) is 5.07. The fourth-order valence-corrected chi connectivity index (χ4v) is 1.80. The molecule has 84 valence electrons. The van der Waals surface area contributed by atoms with Crippen molar-refractivity contribution in [3.05, 3.63) is 0 Å². The fourth-order valence-electron chi connectivity index (χ4n) is 1.80. The lowest BCUT2D eigenvalue weighted by atomic mass is 9.93. The van der Waals surface area contributed by atoms with Crippen LogP contribution in [0.4, 0.5) is 0 Å². The Morgan fingerprint density at radius 3 is 2.71 bits per heavy atom. The summed E-state index contributed by atoms with van der Waals surface area (Å²) in [5.41, 5.74) is -0.212. The van der Waals surface area contributed by atoms with Crippen LogP contribution in [0.25, 0.3) is 0 Å². The van der Waals surface area contributed by atoms with Gasteiger partial charge in [-0.15, -0.1) is 0 Å². The molecule has 14 heavy (non-hydrogen) atoms. The average Bonchev–Trinajstić information content (AvgIpc) is 2.48. The molecule has 1 fully saturated rings. The molecule has 1 aliphatic heterocycles. The van der Waals surface area contributed by atoms with Gasteiger partial charge in [-0.3, -0.25) is 0 Å². The fraction of sp³-hybridized carbons (Fsp3) is 1.00. The van der Waals surface area contributed by atoms with Gasteiger partial charge in [-0.05, 0) is 27.4 Å². The highest BCUT2D eigenvalue weighted by Gasteiger charge is 2.40. The molecule has 0 aromatic rings. The Kier molecular flexibility index (Phi) is 4.31. The number of aliphatic hydroxyl groups is 1. The summed E-state index contributed by atoms with van der Waals surface area (Å²) in [7, 11) is 4.09. The van der Waals surface area contributed by atoms with Crippen LogP contribution >= 0.6 is 0 Å². The molecule has 2 atom stereocenters. The SMILES string of the molecule is CC1OCCC1(CO)NCCN(C)C. The normalized spacial score (nSPS) is 32.8. The molecule has 1 saturated heterocycles. The lowest BCUT2D eigenvalue weighted by molar-refractivity contribution is 0.0531. The topological polar surface area (TPSA) is 44.7 Å². The van der Waals surface area contributed by atoms with Gasteiger partial charge < -0.3 is 20.1 Å². The number of nitrogens with one attached hydrogen (secondary N) is 1. The molecule has 0 aromatic carbocycles. The molecule has 1 rings (SSSR count). The van der Waals surface area contributed by atoms with E-state index in [0.29, 0.717) is 0 Å². The van der Waals surface area contributed by atoms with Crippen LogP contribution in [0.1, 0.15) is 13.3 Å². The Morgan fingerprint density at radius 1 is 1.57 bits per heavy atom. The van der Waals surface area contributed by atoms with Crippen molar-refractivity contribution in [2.75, 3.05) is 40.4 Å². The van der Waals surface area contributed by atoms with Crippen molar-refractivity contribution in [1.29, 1.82) is 0 Å². The van der Waals surface area contributed by atoms with Crippen LogP contribution in [0, 0.1) is 0 Å². The molecule has 1 heterocycles. The van der Waals surface area contributed by atoms with Crippen molar-refractivity contribution in [3.8, 4) is 0 Å². The second-order valence-electron chi connectivity index (χ2n) is 4.31. The third-order valence-electron chi connectivity index (χ3n) is 3.01. The minimum Gasteiger partial charge on any atom is -0.394 e. The first kappa shape index (κ1) is 11.9. The number of aliphatic hydroxyl groups excluding tert-OH is 1. The van der Waals surface area contributed by atoms with Gasteiger partial charge in [-0.2, -0.15) is 0 Å². The van der Waals surface area contributed by atoms with Crippen LogP contribution in [-0.4, -0.2) is 62.0 Å². The van der Waals surface area contributed by atoms with E-state index >= 15 is 0 Å². The van der Waals surface area contributed by atoms with Gasteiger partial charge in [0.05, 0.1) is 18.2 Å². The van der Waals surface area contributed by atoms with Crippen molar-refractivity contribution in [2.45, 2.75) is 25.0 Å². The Hall–Kier alpha value is -0.160. The van der Waals surface area contributed by atoms with Crippen LogP contribution in [0.5, 0.6) is 0 Å². The number of hydrogen-bond acceptors (Lipinski definition) is 4. The van der Waals surface area contributed by atoms with E-state index in [1.807, 2.05) is 21.0 Å². The second-order valence-corrected chi connectivity index (χ2v) is 4.31. The molecular weight excluding hydrogens is 180 g/mol. The van der Waals surface area contributed by atoms with Crippen molar-refractivity contribution in [1.82, 2.24) is 10.2 Å². The molecule has 4 nitrogen and oxygen atoms in total. The zero-order valence-corrected chi connectivity index (χ0v) is 9.42. The molecule has 0 aromatic heterocycles. The number of likely N-dealkylation sites (N-methyl/N-ethyl adjacent to an activating group) is 1. The molecular formula is C10H22N2O2. The third kappa shape index (κ3) is 2.67. The molecule has 0 aliphatic carbocycles. The molecule has 1 aliphatic rings. The van der Waals surface area contributed by atoms with Crippen LogP contribution in [-0.2, 0) is 4.74 Å². The summed E-state index contributed by atoms with van der Waals surface area (Å²) < 4.78 is 5.48. The van der Waals surface area contributed by atoms with Crippen molar-refractivity contribution < 1.29 is 9.84 Å². The summed E-state index contributed by atoms with van der Waals surface area (Å²) in [4.78, 5) is 2.12. The maximum atomic E-state index is 9.40. The van der Waals surface area contributed by atoms with Gasteiger partial charge in [0.25, 0.3) is 0 Å². The van der Waals surface area contributed by atoms with Gasteiger partial charge in [-0.1, -0.05) is 0 Å². The zero-order valence-electron chi connectivity index (χ0n) is 9.42. The van der Waals surface area contributed by atoms with E-state index in [1.54, 1.807) is 0 Å². The molecule has 0 bridgehead atoms. The predicted molar refractivity (Wildman–Crippen MR) is 56.4 cm³/mol. The van der Waals surface area contributed by atoms with E-state index < -0.39 is 0 Å². The molecule has 0 radical (unpaired) electrons. The monoisotopic (exact) mass is 202 g/mol. The van der Waals surface area contributed by atoms with Gasteiger partial charge in [0, 0.05) is 19.7 Å². The summed E-state index contributed by atoms with van der Waals surface area (Å²) in [6.45, 7) is 4.79. The van der Waals surface area contributed by atoms with Crippen LogP contribution in [0.15, 0.2) is 0 Å². The van der Waals surface area contributed by atoms with Gasteiger partial charge in [0.1, 0.15) is 0 Å². The number of hydrogen-bond donors (Lipinski definition) is 2. The summed E-state index contributed by atoms with van der Waals surface area (Å²) in [5.74, 6) is 0. The molecule has 0 saturated carbocycles.